The fraction of sp³-hybridized carbons (Fsp3) is 0.500. The quantitative estimate of drug-likeness (QED) is 0.838. The minimum atomic E-state index is 0.228. The number of fused-ring (bicyclic) bond motifs is 1. The Bertz CT molecular complexity index is 531. The van der Waals surface area contributed by atoms with Gasteiger partial charge in [0.25, 0.3) is 0 Å². The first-order valence-electron chi connectivity index (χ1n) is 7.02. The summed E-state index contributed by atoms with van der Waals surface area (Å²) in [7, 11) is 0. The van der Waals surface area contributed by atoms with E-state index in [1.165, 1.54) is 16.5 Å². The molecule has 1 atom stereocenters. The van der Waals surface area contributed by atoms with Crippen LogP contribution in [-0.4, -0.2) is 22.3 Å². The first-order valence-corrected chi connectivity index (χ1v) is 7.02. The number of hydrogen-bond donors (Lipinski definition) is 2. The summed E-state index contributed by atoms with van der Waals surface area (Å²) in [5, 5.41) is 14.0. The number of aliphatic hydroxyl groups excluding tert-OH is 1. The van der Waals surface area contributed by atoms with Crippen molar-refractivity contribution in [3.63, 3.8) is 0 Å². The molecule has 3 heteroatoms. The standard InChI is InChI=1S/C16H24N2O/c1-12(2)17-9-15-6-4-5-14-7-8-18(16(14)15)10-13(3)11-19/h4-8,12-13,17,19H,9-11H2,1-3H3. The molecule has 0 radical (unpaired) electrons. The first-order chi connectivity index (χ1) is 9.11. The Labute approximate surface area is 115 Å². The van der Waals surface area contributed by atoms with E-state index in [0.717, 1.165) is 13.1 Å². The van der Waals surface area contributed by atoms with Crippen molar-refractivity contribution in [2.45, 2.75) is 39.9 Å². The first kappa shape index (κ1) is 14.1. The average Bonchev–Trinajstić information content (AvgIpc) is 2.80. The van der Waals surface area contributed by atoms with Crippen LogP contribution in [0.3, 0.4) is 0 Å². The van der Waals surface area contributed by atoms with Crippen LogP contribution in [0.1, 0.15) is 26.3 Å². The van der Waals surface area contributed by atoms with Gasteiger partial charge in [0, 0.05) is 31.9 Å². The number of rotatable bonds is 6. The molecule has 0 saturated heterocycles. The maximum Gasteiger partial charge on any atom is 0.0525 e. The Hall–Kier alpha value is -1.32. The van der Waals surface area contributed by atoms with Gasteiger partial charge < -0.3 is 15.0 Å². The van der Waals surface area contributed by atoms with Gasteiger partial charge in [-0.1, -0.05) is 39.0 Å². The summed E-state index contributed by atoms with van der Waals surface area (Å²) in [6.07, 6.45) is 2.12. The minimum Gasteiger partial charge on any atom is -0.396 e. The predicted octanol–water partition coefficient (Wildman–Crippen LogP) is 2.77. The van der Waals surface area contributed by atoms with Gasteiger partial charge in [-0.2, -0.15) is 0 Å². The van der Waals surface area contributed by atoms with Crippen LogP contribution < -0.4 is 5.32 Å². The second-order valence-corrected chi connectivity index (χ2v) is 5.65. The highest BCUT2D eigenvalue weighted by atomic mass is 16.3. The second kappa shape index (κ2) is 6.22. The molecule has 2 rings (SSSR count). The summed E-state index contributed by atoms with van der Waals surface area (Å²) in [5.74, 6) is 0.279. The predicted molar refractivity (Wildman–Crippen MR) is 80.2 cm³/mol. The third-order valence-electron chi connectivity index (χ3n) is 3.39. The molecule has 0 bridgehead atoms. The van der Waals surface area contributed by atoms with E-state index in [-0.39, 0.29) is 12.5 Å². The second-order valence-electron chi connectivity index (χ2n) is 5.65. The Balaban J connectivity index is 2.32. The topological polar surface area (TPSA) is 37.2 Å². The maximum absolute atomic E-state index is 9.23. The lowest BCUT2D eigenvalue weighted by Gasteiger charge is -2.14. The van der Waals surface area contributed by atoms with Crippen molar-refractivity contribution < 1.29 is 5.11 Å². The Kier molecular flexibility index (Phi) is 4.61. The van der Waals surface area contributed by atoms with Crippen molar-refractivity contribution in [1.82, 2.24) is 9.88 Å². The summed E-state index contributed by atoms with van der Waals surface area (Å²) in [6, 6.07) is 9.07. The molecule has 104 valence electrons. The monoisotopic (exact) mass is 260 g/mol. The molecule has 1 heterocycles. The lowest BCUT2D eigenvalue weighted by molar-refractivity contribution is 0.224. The molecular formula is C16H24N2O. The molecule has 1 aromatic heterocycles. The largest absolute Gasteiger partial charge is 0.396 e. The highest BCUT2D eigenvalue weighted by Gasteiger charge is 2.09. The Morgan fingerprint density at radius 3 is 2.68 bits per heavy atom. The molecule has 0 aliphatic heterocycles. The fourth-order valence-corrected chi connectivity index (χ4v) is 2.34. The highest BCUT2D eigenvalue weighted by Crippen LogP contribution is 2.21. The van der Waals surface area contributed by atoms with Gasteiger partial charge in [0.15, 0.2) is 0 Å². The molecule has 0 amide bonds. The summed E-state index contributed by atoms with van der Waals surface area (Å²) in [6.45, 7) is 8.36. The van der Waals surface area contributed by atoms with Crippen molar-refractivity contribution in [3.05, 3.63) is 36.0 Å². The lowest BCUT2D eigenvalue weighted by atomic mass is 10.1. The molecule has 1 aromatic carbocycles. The van der Waals surface area contributed by atoms with Crippen LogP contribution in [0.25, 0.3) is 10.9 Å². The molecule has 0 fully saturated rings. The van der Waals surface area contributed by atoms with Gasteiger partial charge in [-0.15, -0.1) is 0 Å². The molecule has 0 spiro atoms. The van der Waals surface area contributed by atoms with Gasteiger partial charge in [0.2, 0.25) is 0 Å². The third kappa shape index (κ3) is 3.37. The van der Waals surface area contributed by atoms with Crippen LogP contribution in [0.5, 0.6) is 0 Å². The Morgan fingerprint density at radius 1 is 1.21 bits per heavy atom. The molecule has 3 nitrogen and oxygen atoms in total. The number of hydrogen-bond acceptors (Lipinski definition) is 2. The van der Waals surface area contributed by atoms with E-state index >= 15 is 0 Å². The molecule has 1 unspecified atom stereocenters. The number of benzene rings is 1. The van der Waals surface area contributed by atoms with E-state index in [1.807, 2.05) is 0 Å². The molecule has 2 N–H and O–H groups in total. The number of aliphatic hydroxyl groups is 1. The summed E-state index contributed by atoms with van der Waals surface area (Å²) in [5.41, 5.74) is 2.61. The molecular weight excluding hydrogens is 236 g/mol. The average molecular weight is 260 g/mol. The molecule has 0 aliphatic rings. The van der Waals surface area contributed by atoms with Crippen LogP contribution >= 0.6 is 0 Å². The van der Waals surface area contributed by atoms with Crippen LogP contribution in [0.4, 0.5) is 0 Å². The van der Waals surface area contributed by atoms with Crippen LogP contribution in [0.15, 0.2) is 30.5 Å². The minimum absolute atomic E-state index is 0.228. The van der Waals surface area contributed by atoms with Crippen molar-refractivity contribution in [3.8, 4) is 0 Å². The van der Waals surface area contributed by atoms with Crippen LogP contribution in [0.2, 0.25) is 0 Å². The van der Waals surface area contributed by atoms with Gasteiger partial charge in [0.05, 0.1) is 5.52 Å². The summed E-state index contributed by atoms with van der Waals surface area (Å²) < 4.78 is 2.26. The van der Waals surface area contributed by atoms with E-state index in [2.05, 4.69) is 61.1 Å². The molecule has 0 saturated carbocycles. The van der Waals surface area contributed by atoms with Gasteiger partial charge >= 0.3 is 0 Å². The van der Waals surface area contributed by atoms with Gasteiger partial charge in [-0.25, -0.2) is 0 Å². The number of nitrogens with one attached hydrogen (secondary N) is 1. The summed E-state index contributed by atoms with van der Waals surface area (Å²) in [4.78, 5) is 0. The fourth-order valence-electron chi connectivity index (χ4n) is 2.34. The van der Waals surface area contributed by atoms with E-state index in [1.54, 1.807) is 0 Å². The molecule has 2 aromatic rings. The zero-order valence-electron chi connectivity index (χ0n) is 12.1. The number of para-hydroxylation sites is 1. The van der Waals surface area contributed by atoms with E-state index in [4.69, 9.17) is 0 Å². The number of aromatic nitrogens is 1. The SMILES string of the molecule is CC(CO)Cn1ccc2cccc(CNC(C)C)c21. The van der Waals surface area contributed by atoms with Crippen molar-refractivity contribution in [2.24, 2.45) is 5.92 Å². The van der Waals surface area contributed by atoms with Gasteiger partial charge in [0.1, 0.15) is 0 Å². The van der Waals surface area contributed by atoms with Crippen LogP contribution in [0, 0.1) is 5.92 Å². The number of nitrogens with zero attached hydrogens (tertiary/aromatic N) is 1. The molecule has 19 heavy (non-hydrogen) atoms. The Morgan fingerprint density at radius 2 is 2.00 bits per heavy atom. The van der Waals surface area contributed by atoms with Crippen molar-refractivity contribution >= 4 is 10.9 Å². The van der Waals surface area contributed by atoms with Crippen LogP contribution in [-0.2, 0) is 13.1 Å². The smallest absolute Gasteiger partial charge is 0.0525 e. The highest BCUT2D eigenvalue weighted by molar-refractivity contribution is 5.83. The summed E-state index contributed by atoms with van der Waals surface area (Å²) >= 11 is 0. The van der Waals surface area contributed by atoms with Gasteiger partial charge in [-0.05, 0) is 22.9 Å². The lowest BCUT2D eigenvalue weighted by Crippen LogP contribution is -2.22. The maximum atomic E-state index is 9.23. The zero-order chi connectivity index (χ0) is 13.8. The van der Waals surface area contributed by atoms with E-state index in [9.17, 15) is 5.11 Å². The van der Waals surface area contributed by atoms with Crippen molar-refractivity contribution in [1.29, 1.82) is 0 Å². The van der Waals surface area contributed by atoms with E-state index < -0.39 is 0 Å². The zero-order valence-corrected chi connectivity index (χ0v) is 12.1. The van der Waals surface area contributed by atoms with E-state index in [0.29, 0.717) is 6.04 Å². The molecule has 0 aliphatic carbocycles. The normalized spacial score (nSPS) is 13.3. The van der Waals surface area contributed by atoms with Gasteiger partial charge in [-0.3, -0.25) is 0 Å². The third-order valence-corrected chi connectivity index (χ3v) is 3.39. The van der Waals surface area contributed by atoms with Crippen molar-refractivity contribution in [2.75, 3.05) is 6.61 Å².